The lowest BCUT2D eigenvalue weighted by molar-refractivity contribution is -0.146. The van der Waals surface area contributed by atoms with Gasteiger partial charge in [0.25, 0.3) is 0 Å². The topological polar surface area (TPSA) is 77.9 Å². The smallest absolute Gasteiger partial charge is 0.306 e. The Hall–Kier alpha value is -2.37. The first-order valence-electron chi connectivity index (χ1n) is 8.40. The Morgan fingerprint density at radius 3 is 2.42 bits per heavy atom. The number of carbonyl (C=O) groups is 3. The third kappa shape index (κ3) is 3.58. The Morgan fingerprint density at radius 2 is 1.79 bits per heavy atom. The molecule has 2 fully saturated rings. The maximum Gasteiger partial charge on any atom is 0.306 e. The van der Waals surface area contributed by atoms with Crippen molar-refractivity contribution in [3.05, 3.63) is 30.3 Å². The molecule has 2 aliphatic rings. The molecule has 0 unspecified atom stereocenters. The predicted molar refractivity (Wildman–Crippen MR) is 88.5 cm³/mol. The lowest BCUT2D eigenvalue weighted by atomic mass is 9.96. The van der Waals surface area contributed by atoms with Crippen LogP contribution >= 0.6 is 0 Å². The number of rotatable bonds is 4. The fourth-order valence-corrected chi connectivity index (χ4v) is 3.53. The van der Waals surface area contributed by atoms with Crippen LogP contribution in [0.4, 0.5) is 5.69 Å². The van der Waals surface area contributed by atoms with E-state index in [2.05, 4.69) is 0 Å². The normalized spacial score (nSPS) is 22.0. The van der Waals surface area contributed by atoms with Crippen molar-refractivity contribution in [2.45, 2.75) is 25.7 Å². The monoisotopic (exact) mass is 330 g/mol. The van der Waals surface area contributed by atoms with Crippen molar-refractivity contribution in [2.75, 3.05) is 24.5 Å². The summed E-state index contributed by atoms with van der Waals surface area (Å²) in [5.41, 5.74) is 0.875. The first-order valence-corrected chi connectivity index (χ1v) is 8.40. The van der Waals surface area contributed by atoms with E-state index < -0.39 is 5.97 Å². The van der Waals surface area contributed by atoms with Crippen molar-refractivity contribution in [3.63, 3.8) is 0 Å². The minimum Gasteiger partial charge on any atom is -0.481 e. The van der Waals surface area contributed by atoms with Crippen LogP contribution in [0.15, 0.2) is 30.3 Å². The average Bonchev–Trinajstić information content (AvgIpc) is 2.96. The molecule has 1 aromatic carbocycles. The SMILES string of the molecule is O=C(O)C1CCN(C(=O)C[C@H]2CC(=O)N(c3ccccc3)C2)CC1. The van der Waals surface area contributed by atoms with Gasteiger partial charge in [-0.1, -0.05) is 18.2 Å². The molecule has 24 heavy (non-hydrogen) atoms. The van der Waals surface area contributed by atoms with E-state index in [9.17, 15) is 14.4 Å². The van der Waals surface area contributed by atoms with Crippen LogP contribution in [0.3, 0.4) is 0 Å². The zero-order chi connectivity index (χ0) is 17.1. The highest BCUT2D eigenvalue weighted by atomic mass is 16.4. The van der Waals surface area contributed by atoms with Crippen LogP contribution in [-0.4, -0.2) is 47.4 Å². The Balaban J connectivity index is 1.53. The minimum absolute atomic E-state index is 0.0300. The molecule has 128 valence electrons. The van der Waals surface area contributed by atoms with Crippen LogP contribution in [0.25, 0.3) is 0 Å². The molecule has 0 aliphatic carbocycles. The van der Waals surface area contributed by atoms with E-state index in [1.54, 1.807) is 9.80 Å². The van der Waals surface area contributed by atoms with Gasteiger partial charge in [-0.2, -0.15) is 0 Å². The second-order valence-electron chi connectivity index (χ2n) is 6.61. The van der Waals surface area contributed by atoms with Gasteiger partial charge in [0.1, 0.15) is 0 Å². The van der Waals surface area contributed by atoms with E-state index in [0.717, 1.165) is 5.69 Å². The van der Waals surface area contributed by atoms with Gasteiger partial charge in [-0.15, -0.1) is 0 Å². The summed E-state index contributed by atoms with van der Waals surface area (Å²) in [6, 6.07) is 9.50. The van der Waals surface area contributed by atoms with E-state index in [1.165, 1.54) is 0 Å². The molecular formula is C18H22N2O4. The number of hydrogen-bond donors (Lipinski definition) is 1. The van der Waals surface area contributed by atoms with Gasteiger partial charge >= 0.3 is 5.97 Å². The Morgan fingerprint density at radius 1 is 1.12 bits per heavy atom. The van der Waals surface area contributed by atoms with Crippen LogP contribution < -0.4 is 4.90 Å². The number of carboxylic acid groups (broad SMARTS) is 1. The van der Waals surface area contributed by atoms with Crippen LogP contribution in [-0.2, 0) is 14.4 Å². The van der Waals surface area contributed by atoms with Crippen LogP contribution in [0.5, 0.6) is 0 Å². The largest absolute Gasteiger partial charge is 0.481 e. The van der Waals surface area contributed by atoms with Crippen LogP contribution in [0.1, 0.15) is 25.7 Å². The molecule has 2 amide bonds. The number of nitrogens with zero attached hydrogens (tertiary/aromatic N) is 2. The number of amides is 2. The molecule has 0 spiro atoms. The average molecular weight is 330 g/mol. The molecule has 1 aromatic rings. The number of aliphatic carboxylic acids is 1. The minimum atomic E-state index is -0.776. The lowest BCUT2D eigenvalue weighted by Gasteiger charge is -2.30. The summed E-state index contributed by atoms with van der Waals surface area (Å²) >= 11 is 0. The van der Waals surface area contributed by atoms with Crippen molar-refractivity contribution in [1.29, 1.82) is 0 Å². The summed E-state index contributed by atoms with van der Waals surface area (Å²) in [5, 5.41) is 9.01. The van der Waals surface area contributed by atoms with Crippen LogP contribution in [0.2, 0.25) is 0 Å². The summed E-state index contributed by atoms with van der Waals surface area (Å²) in [6.07, 6.45) is 1.78. The van der Waals surface area contributed by atoms with Crippen LogP contribution in [0, 0.1) is 11.8 Å². The molecule has 0 saturated carbocycles. The third-order valence-corrected chi connectivity index (χ3v) is 4.93. The lowest BCUT2D eigenvalue weighted by Crippen LogP contribution is -2.41. The van der Waals surface area contributed by atoms with Crippen molar-refractivity contribution < 1.29 is 19.5 Å². The summed E-state index contributed by atoms with van der Waals surface area (Å²) in [6.45, 7) is 1.57. The van der Waals surface area contributed by atoms with Gasteiger partial charge in [-0.05, 0) is 30.9 Å². The second kappa shape index (κ2) is 7.03. The highest BCUT2D eigenvalue weighted by Gasteiger charge is 2.34. The van der Waals surface area contributed by atoms with Crippen molar-refractivity contribution in [2.24, 2.45) is 11.8 Å². The van der Waals surface area contributed by atoms with Gasteiger partial charge in [0.2, 0.25) is 11.8 Å². The third-order valence-electron chi connectivity index (χ3n) is 4.93. The van der Waals surface area contributed by atoms with Gasteiger partial charge in [0, 0.05) is 38.2 Å². The summed E-state index contributed by atoms with van der Waals surface area (Å²) in [5.74, 6) is -0.991. The molecule has 0 bridgehead atoms. The van der Waals surface area contributed by atoms with Crippen molar-refractivity contribution >= 4 is 23.5 Å². The van der Waals surface area contributed by atoms with E-state index in [0.29, 0.717) is 45.3 Å². The zero-order valence-corrected chi connectivity index (χ0v) is 13.6. The number of piperidine rings is 1. The molecule has 2 heterocycles. The number of hydrogen-bond acceptors (Lipinski definition) is 3. The predicted octanol–water partition coefficient (Wildman–Crippen LogP) is 1.75. The standard InChI is InChI=1S/C18H22N2O4/c21-16(19-8-6-14(7-9-19)18(23)24)10-13-11-17(22)20(12-13)15-4-2-1-3-5-15/h1-5,13-14H,6-12H2,(H,23,24)/t13-/m0/s1. The zero-order valence-electron chi connectivity index (χ0n) is 13.6. The molecule has 2 saturated heterocycles. The van der Waals surface area contributed by atoms with Gasteiger partial charge in [0.15, 0.2) is 0 Å². The molecular weight excluding hydrogens is 308 g/mol. The number of para-hydroxylation sites is 1. The summed E-state index contributed by atoms with van der Waals surface area (Å²) < 4.78 is 0. The van der Waals surface area contributed by atoms with Gasteiger partial charge in [0.05, 0.1) is 5.92 Å². The summed E-state index contributed by atoms with van der Waals surface area (Å²) in [4.78, 5) is 39.1. The first kappa shape index (κ1) is 16.5. The van der Waals surface area contributed by atoms with Gasteiger partial charge in [-0.25, -0.2) is 0 Å². The van der Waals surface area contributed by atoms with Crippen molar-refractivity contribution in [3.8, 4) is 0 Å². The Bertz CT molecular complexity index is 623. The first-order chi connectivity index (χ1) is 11.5. The second-order valence-corrected chi connectivity index (χ2v) is 6.61. The quantitative estimate of drug-likeness (QED) is 0.912. The van der Waals surface area contributed by atoms with Gasteiger partial charge < -0.3 is 14.9 Å². The summed E-state index contributed by atoms with van der Waals surface area (Å²) in [7, 11) is 0. The highest BCUT2D eigenvalue weighted by Crippen LogP contribution is 2.28. The number of anilines is 1. The fourth-order valence-electron chi connectivity index (χ4n) is 3.53. The van der Waals surface area contributed by atoms with Gasteiger partial charge in [-0.3, -0.25) is 14.4 Å². The number of carboxylic acids is 1. The Kier molecular flexibility index (Phi) is 4.83. The molecule has 2 aliphatic heterocycles. The molecule has 1 N–H and O–H groups in total. The Labute approximate surface area is 141 Å². The molecule has 1 atom stereocenters. The highest BCUT2D eigenvalue weighted by molar-refractivity contribution is 5.96. The molecule has 0 radical (unpaired) electrons. The van der Waals surface area contributed by atoms with E-state index in [4.69, 9.17) is 5.11 Å². The van der Waals surface area contributed by atoms with E-state index >= 15 is 0 Å². The molecule has 6 nitrogen and oxygen atoms in total. The van der Waals surface area contributed by atoms with E-state index in [1.807, 2.05) is 30.3 Å². The maximum absolute atomic E-state index is 12.4. The maximum atomic E-state index is 12.4. The molecule has 3 rings (SSSR count). The van der Waals surface area contributed by atoms with E-state index in [-0.39, 0.29) is 23.7 Å². The number of carbonyl (C=O) groups excluding carboxylic acids is 2. The molecule has 0 aromatic heterocycles. The fraction of sp³-hybridized carbons (Fsp3) is 0.500. The number of benzene rings is 1. The molecule has 6 heteroatoms. The van der Waals surface area contributed by atoms with Crippen molar-refractivity contribution in [1.82, 2.24) is 4.90 Å². The number of likely N-dealkylation sites (tertiary alicyclic amines) is 1.